The van der Waals surface area contributed by atoms with Crippen molar-refractivity contribution in [2.24, 2.45) is 28.6 Å². The van der Waals surface area contributed by atoms with Gasteiger partial charge < -0.3 is 35.7 Å². The van der Waals surface area contributed by atoms with Crippen LogP contribution in [0.3, 0.4) is 0 Å². The topological polar surface area (TPSA) is 159 Å². The Morgan fingerprint density at radius 3 is 2.24 bits per heavy atom. The number of hydrogen-bond donors (Lipinski definition) is 7. The first-order valence-corrected chi connectivity index (χ1v) is 13.7. The highest BCUT2D eigenvalue weighted by Gasteiger charge is 2.71. The Labute approximate surface area is 219 Å². The van der Waals surface area contributed by atoms with E-state index in [4.69, 9.17) is 0 Å². The SMILES string of the molecule is C=C(C)C(C[C@@H](O)[C@](C)(O)[C@H]1CC[C@@]2(O)C3=CC(=O)[C@]4(O)C[C@@H](O)[C@@H](O)C[C@]4(C)[C@H]3CC[C@]12C)C(C)O. The van der Waals surface area contributed by atoms with Crippen molar-refractivity contribution in [1.82, 2.24) is 0 Å². The van der Waals surface area contributed by atoms with Crippen molar-refractivity contribution in [1.29, 1.82) is 0 Å². The van der Waals surface area contributed by atoms with E-state index in [0.29, 0.717) is 30.4 Å². The summed E-state index contributed by atoms with van der Waals surface area (Å²) in [7, 11) is 0. The summed E-state index contributed by atoms with van der Waals surface area (Å²) in [6, 6.07) is 0. The molecule has 8 nitrogen and oxygen atoms in total. The Hall–Kier alpha value is -1.13. The lowest BCUT2D eigenvalue weighted by Gasteiger charge is -2.62. The van der Waals surface area contributed by atoms with Crippen LogP contribution < -0.4 is 0 Å². The number of carbonyl (C=O) groups is 1. The van der Waals surface area contributed by atoms with Crippen LogP contribution in [-0.2, 0) is 4.79 Å². The second-order valence-electron chi connectivity index (χ2n) is 13.4. The number of ketones is 1. The first kappa shape index (κ1) is 28.9. The minimum atomic E-state index is -1.83. The number of hydrogen-bond acceptors (Lipinski definition) is 8. The average Bonchev–Trinajstić information content (AvgIpc) is 3.07. The summed E-state index contributed by atoms with van der Waals surface area (Å²) in [5.41, 5.74) is -5.53. The van der Waals surface area contributed by atoms with Crippen LogP contribution in [0.1, 0.15) is 79.6 Å². The van der Waals surface area contributed by atoms with Crippen LogP contribution in [0, 0.1) is 28.6 Å². The van der Waals surface area contributed by atoms with Crippen LogP contribution >= 0.6 is 0 Å². The second-order valence-corrected chi connectivity index (χ2v) is 13.4. The Kier molecular flexibility index (Phi) is 6.98. The molecule has 3 fully saturated rings. The Bertz CT molecular complexity index is 988. The molecule has 4 rings (SSSR count). The molecule has 3 saturated carbocycles. The molecule has 12 atom stereocenters. The summed E-state index contributed by atoms with van der Waals surface area (Å²) in [6.07, 6.45) is -1.23. The van der Waals surface area contributed by atoms with Gasteiger partial charge in [-0.15, -0.1) is 0 Å². The molecule has 7 N–H and O–H groups in total. The minimum Gasteiger partial charge on any atom is -0.393 e. The molecule has 0 saturated heterocycles. The monoisotopic (exact) mass is 522 g/mol. The molecule has 0 aromatic rings. The first-order valence-electron chi connectivity index (χ1n) is 13.7. The molecular formula is C29H46O8. The maximum absolute atomic E-state index is 13.4. The first-order chi connectivity index (χ1) is 16.9. The van der Waals surface area contributed by atoms with E-state index in [1.807, 2.05) is 6.92 Å². The molecule has 0 amide bonds. The van der Waals surface area contributed by atoms with Crippen LogP contribution in [0.2, 0.25) is 0 Å². The molecule has 4 aliphatic carbocycles. The number of fused-ring (bicyclic) bond motifs is 5. The lowest BCUT2D eigenvalue weighted by atomic mass is 9.44. The van der Waals surface area contributed by atoms with Gasteiger partial charge in [-0.3, -0.25) is 4.79 Å². The highest BCUT2D eigenvalue weighted by atomic mass is 16.3. The van der Waals surface area contributed by atoms with Crippen LogP contribution in [0.4, 0.5) is 0 Å². The largest absolute Gasteiger partial charge is 0.393 e. The molecule has 0 spiro atoms. The fourth-order valence-electron chi connectivity index (χ4n) is 8.81. The smallest absolute Gasteiger partial charge is 0.187 e. The molecular weight excluding hydrogens is 476 g/mol. The zero-order valence-corrected chi connectivity index (χ0v) is 22.8. The van der Waals surface area contributed by atoms with E-state index in [0.717, 1.165) is 0 Å². The molecule has 2 unspecified atom stereocenters. The van der Waals surface area contributed by atoms with E-state index < -0.39 is 69.7 Å². The third kappa shape index (κ3) is 3.85. The van der Waals surface area contributed by atoms with Gasteiger partial charge in [-0.2, -0.15) is 0 Å². The molecule has 0 aromatic heterocycles. The quantitative estimate of drug-likeness (QED) is 0.258. The fourth-order valence-corrected chi connectivity index (χ4v) is 8.81. The van der Waals surface area contributed by atoms with Crippen molar-refractivity contribution < 1.29 is 40.5 Å². The van der Waals surface area contributed by atoms with E-state index in [1.54, 1.807) is 27.7 Å². The van der Waals surface area contributed by atoms with Crippen molar-refractivity contribution in [2.75, 3.05) is 0 Å². The van der Waals surface area contributed by atoms with Crippen LogP contribution in [-0.4, -0.2) is 82.7 Å². The number of aliphatic hydroxyl groups excluding tert-OH is 4. The lowest BCUT2D eigenvalue weighted by Crippen LogP contribution is -2.69. The van der Waals surface area contributed by atoms with Crippen molar-refractivity contribution >= 4 is 5.78 Å². The van der Waals surface area contributed by atoms with Crippen molar-refractivity contribution in [3.63, 3.8) is 0 Å². The Morgan fingerprint density at radius 1 is 1.08 bits per heavy atom. The standard InChI is InChI=1S/C29H46O8/c1-15(2)17(16(3)30)11-23(33)27(6,35)22-8-10-28(36)19-12-24(34)29(37)14-21(32)20(31)13-26(29,5)18(19)7-9-25(22,28)4/h12,16-18,20-23,30-33,35-37H,1,7-11,13-14H2,2-6H3/t16?,17?,18-,20-,21+,22-,23+,25+,26+,27+,28+,29+/m0/s1. The fraction of sp³-hybridized carbons (Fsp3) is 0.828. The van der Waals surface area contributed by atoms with Crippen molar-refractivity contribution in [2.45, 2.75) is 121 Å². The molecule has 4 aliphatic rings. The van der Waals surface area contributed by atoms with Crippen LogP contribution in [0.15, 0.2) is 23.8 Å². The van der Waals surface area contributed by atoms with Crippen LogP contribution in [0.5, 0.6) is 0 Å². The predicted molar refractivity (Wildman–Crippen MR) is 137 cm³/mol. The van der Waals surface area contributed by atoms with Gasteiger partial charge in [-0.05, 0) is 82.8 Å². The van der Waals surface area contributed by atoms with Gasteiger partial charge in [0.15, 0.2) is 5.78 Å². The van der Waals surface area contributed by atoms with Gasteiger partial charge >= 0.3 is 0 Å². The van der Waals surface area contributed by atoms with Gasteiger partial charge in [-0.25, -0.2) is 0 Å². The van der Waals surface area contributed by atoms with Crippen LogP contribution in [0.25, 0.3) is 0 Å². The average molecular weight is 523 g/mol. The number of carbonyl (C=O) groups excluding carboxylic acids is 1. The second kappa shape index (κ2) is 8.95. The third-order valence-corrected chi connectivity index (χ3v) is 11.4. The van der Waals surface area contributed by atoms with E-state index in [-0.39, 0.29) is 31.6 Å². The van der Waals surface area contributed by atoms with E-state index >= 15 is 0 Å². The molecule has 0 heterocycles. The van der Waals surface area contributed by atoms with Crippen molar-refractivity contribution in [3.05, 3.63) is 23.8 Å². The van der Waals surface area contributed by atoms with Gasteiger partial charge in [0.25, 0.3) is 0 Å². The maximum Gasteiger partial charge on any atom is 0.187 e. The van der Waals surface area contributed by atoms with E-state index in [1.165, 1.54) is 6.08 Å². The molecule has 0 aromatic carbocycles. The highest BCUT2D eigenvalue weighted by Crippen LogP contribution is 2.69. The molecule has 0 radical (unpaired) electrons. The van der Waals surface area contributed by atoms with Gasteiger partial charge in [-0.1, -0.05) is 26.0 Å². The Morgan fingerprint density at radius 2 is 1.68 bits per heavy atom. The van der Waals surface area contributed by atoms with Crippen molar-refractivity contribution in [3.8, 4) is 0 Å². The summed E-state index contributed by atoms with van der Waals surface area (Å²) in [4.78, 5) is 13.4. The highest BCUT2D eigenvalue weighted by molar-refractivity contribution is 6.00. The molecule has 8 heteroatoms. The van der Waals surface area contributed by atoms with Gasteiger partial charge in [0.05, 0.1) is 35.6 Å². The number of rotatable bonds is 6. The van der Waals surface area contributed by atoms with Gasteiger partial charge in [0.1, 0.15) is 5.60 Å². The molecule has 37 heavy (non-hydrogen) atoms. The van der Waals surface area contributed by atoms with E-state index in [2.05, 4.69) is 6.58 Å². The minimum absolute atomic E-state index is 0.0344. The van der Waals surface area contributed by atoms with Gasteiger partial charge in [0, 0.05) is 23.2 Å². The maximum atomic E-state index is 13.4. The number of aliphatic hydroxyl groups is 7. The summed E-state index contributed by atoms with van der Waals surface area (Å²) < 4.78 is 0. The summed E-state index contributed by atoms with van der Waals surface area (Å²) >= 11 is 0. The van der Waals surface area contributed by atoms with E-state index in [9.17, 15) is 40.5 Å². The molecule has 0 bridgehead atoms. The summed E-state index contributed by atoms with van der Waals surface area (Å²) in [5, 5.41) is 77.7. The summed E-state index contributed by atoms with van der Waals surface area (Å²) in [6.45, 7) is 12.6. The molecule has 0 aliphatic heterocycles. The predicted octanol–water partition coefficient (Wildman–Crippen LogP) is 1.38. The lowest BCUT2D eigenvalue weighted by molar-refractivity contribution is -0.211. The summed E-state index contributed by atoms with van der Waals surface area (Å²) in [5.74, 6) is -1.84. The third-order valence-electron chi connectivity index (χ3n) is 11.4. The zero-order chi connectivity index (χ0) is 27.9. The normalized spacial score (nSPS) is 47.6. The zero-order valence-electron chi connectivity index (χ0n) is 22.8. The Balaban J connectivity index is 1.70. The molecule has 210 valence electrons. The van der Waals surface area contributed by atoms with Gasteiger partial charge in [0.2, 0.25) is 0 Å².